The maximum absolute atomic E-state index is 5.71. The molecule has 0 aliphatic carbocycles. The molecule has 2 aromatic rings. The van der Waals surface area contributed by atoms with Gasteiger partial charge in [0.1, 0.15) is 18.2 Å². The minimum atomic E-state index is 0.0946. The molecular weight excluding hydrogens is 250 g/mol. The Labute approximate surface area is 120 Å². The van der Waals surface area contributed by atoms with Crippen molar-refractivity contribution in [1.82, 2.24) is 14.9 Å². The highest BCUT2D eigenvalue weighted by Crippen LogP contribution is 2.09. The van der Waals surface area contributed by atoms with Crippen LogP contribution < -0.4 is 10.1 Å². The van der Waals surface area contributed by atoms with Crippen molar-refractivity contribution >= 4 is 0 Å². The third-order valence-corrected chi connectivity index (χ3v) is 2.92. The molecule has 0 saturated heterocycles. The molecule has 4 heteroatoms. The van der Waals surface area contributed by atoms with Crippen molar-refractivity contribution in [1.29, 1.82) is 0 Å². The Morgan fingerprint density at radius 1 is 1.20 bits per heavy atom. The molecule has 1 heterocycles. The Balaban J connectivity index is 1.83. The highest BCUT2D eigenvalue weighted by Gasteiger charge is 2.10. The van der Waals surface area contributed by atoms with Crippen LogP contribution in [0, 0.1) is 0 Å². The maximum Gasteiger partial charge on any atom is 0.122 e. The molecule has 0 spiro atoms. The Hall–Kier alpha value is -1.81. The van der Waals surface area contributed by atoms with Crippen LogP contribution in [0.1, 0.15) is 26.6 Å². The Morgan fingerprint density at radius 2 is 1.95 bits per heavy atom. The minimum absolute atomic E-state index is 0.0946. The van der Waals surface area contributed by atoms with E-state index < -0.39 is 0 Å². The van der Waals surface area contributed by atoms with Crippen molar-refractivity contribution in [3.05, 3.63) is 48.5 Å². The first-order valence-electron chi connectivity index (χ1n) is 6.97. The van der Waals surface area contributed by atoms with Gasteiger partial charge >= 0.3 is 0 Å². The van der Waals surface area contributed by atoms with Gasteiger partial charge in [0.2, 0.25) is 0 Å². The summed E-state index contributed by atoms with van der Waals surface area (Å²) in [7, 11) is 0. The molecule has 0 unspecified atom stereocenters. The summed E-state index contributed by atoms with van der Waals surface area (Å²) >= 11 is 0. The van der Waals surface area contributed by atoms with Crippen LogP contribution in [-0.2, 0) is 13.1 Å². The summed E-state index contributed by atoms with van der Waals surface area (Å²) in [5.74, 6) is 1.94. The number of nitrogens with one attached hydrogen (secondary N) is 1. The van der Waals surface area contributed by atoms with E-state index in [1.165, 1.54) is 0 Å². The molecule has 108 valence electrons. The first kappa shape index (κ1) is 14.6. The predicted octanol–water partition coefficient (Wildman–Crippen LogP) is 2.85. The number of ether oxygens (including phenoxy) is 1. The Bertz CT molecular complexity index is 514. The topological polar surface area (TPSA) is 39.1 Å². The summed E-state index contributed by atoms with van der Waals surface area (Å²) in [6, 6.07) is 9.88. The summed E-state index contributed by atoms with van der Waals surface area (Å²) in [5, 5.41) is 3.45. The second-order valence-electron chi connectivity index (χ2n) is 5.80. The second kappa shape index (κ2) is 6.57. The smallest absolute Gasteiger partial charge is 0.122 e. The lowest BCUT2D eigenvalue weighted by Crippen LogP contribution is -2.36. The molecule has 1 N–H and O–H groups in total. The van der Waals surface area contributed by atoms with Crippen molar-refractivity contribution < 1.29 is 4.74 Å². The lowest BCUT2D eigenvalue weighted by atomic mass is 10.1. The van der Waals surface area contributed by atoms with Gasteiger partial charge in [-0.2, -0.15) is 0 Å². The first-order valence-corrected chi connectivity index (χ1v) is 6.97. The minimum Gasteiger partial charge on any atom is -0.492 e. The number of imidazole rings is 1. The largest absolute Gasteiger partial charge is 0.492 e. The van der Waals surface area contributed by atoms with E-state index in [4.69, 9.17) is 4.74 Å². The molecule has 0 amide bonds. The number of hydrogen-bond acceptors (Lipinski definition) is 3. The van der Waals surface area contributed by atoms with Crippen molar-refractivity contribution in [2.24, 2.45) is 0 Å². The fourth-order valence-corrected chi connectivity index (χ4v) is 1.83. The fourth-order valence-electron chi connectivity index (χ4n) is 1.83. The van der Waals surface area contributed by atoms with Crippen LogP contribution in [0.3, 0.4) is 0 Å². The van der Waals surface area contributed by atoms with Crippen LogP contribution >= 0.6 is 0 Å². The van der Waals surface area contributed by atoms with Gasteiger partial charge in [0.05, 0.1) is 13.1 Å². The van der Waals surface area contributed by atoms with Crippen LogP contribution in [0.4, 0.5) is 0 Å². The normalized spacial score (nSPS) is 11.6. The second-order valence-corrected chi connectivity index (χ2v) is 5.80. The molecule has 0 saturated carbocycles. The van der Waals surface area contributed by atoms with E-state index in [9.17, 15) is 0 Å². The molecular formula is C16H23N3O. The van der Waals surface area contributed by atoms with Gasteiger partial charge in [0.25, 0.3) is 0 Å². The summed E-state index contributed by atoms with van der Waals surface area (Å²) in [6.45, 7) is 8.66. The molecule has 2 rings (SSSR count). The first-order chi connectivity index (χ1) is 9.54. The summed E-state index contributed by atoms with van der Waals surface area (Å²) < 4.78 is 7.84. The lowest BCUT2D eigenvalue weighted by molar-refractivity contribution is 0.294. The zero-order valence-electron chi connectivity index (χ0n) is 12.5. The van der Waals surface area contributed by atoms with Crippen LogP contribution in [0.25, 0.3) is 0 Å². The molecule has 0 aliphatic heterocycles. The predicted molar refractivity (Wildman–Crippen MR) is 80.8 cm³/mol. The highest BCUT2D eigenvalue weighted by molar-refractivity contribution is 5.20. The number of nitrogens with zero attached hydrogens (tertiary/aromatic N) is 2. The third-order valence-electron chi connectivity index (χ3n) is 2.92. The van der Waals surface area contributed by atoms with E-state index in [1.54, 1.807) is 0 Å². The molecule has 0 fully saturated rings. The van der Waals surface area contributed by atoms with Crippen LogP contribution in [0.2, 0.25) is 0 Å². The quantitative estimate of drug-likeness (QED) is 0.879. The van der Waals surface area contributed by atoms with Gasteiger partial charge in [-0.05, 0) is 32.9 Å². The molecule has 0 atom stereocenters. The molecule has 0 radical (unpaired) electrons. The van der Waals surface area contributed by atoms with Crippen molar-refractivity contribution in [2.75, 3.05) is 6.61 Å². The van der Waals surface area contributed by atoms with Crippen molar-refractivity contribution in [3.8, 4) is 5.75 Å². The van der Waals surface area contributed by atoms with Gasteiger partial charge in [-0.3, -0.25) is 0 Å². The Morgan fingerprint density at radius 3 is 2.65 bits per heavy atom. The van der Waals surface area contributed by atoms with Gasteiger partial charge in [-0.1, -0.05) is 18.2 Å². The molecule has 20 heavy (non-hydrogen) atoms. The van der Waals surface area contributed by atoms with Crippen LogP contribution in [0.5, 0.6) is 5.75 Å². The van der Waals surface area contributed by atoms with E-state index in [-0.39, 0.29) is 5.54 Å². The zero-order valence-corrected chi connectivity index (χ0v) is 12.5. The standard InChI is InChI=1S/C16H23N3O/c1-16(2,3)18-13-15-17-9-10-19(15)11-12-20-14-7-5-4-6-8-14/h4-10,18H,11-13H2,1-3H3. The highest BCUT2D eigenvalue weighted by atomic mass is 16.5. The average Bonchev–Trinajstić information content (AvgIpc) is 2.84. The maximum atomic E-state index is 5.71. The SMILES string of the molecule is CC(C)(C)NCc1nccn1CCOc1ccccc1. The van der Waals surface area contributed by atoms with E-state index in [0.29, 0.717) is 6.61 Å². The number of hydrogen-bond donors (Lipinski definition) is 1. The van der Waals surface area contributed by atoms with Gasteiger partial charge in [0, 0.05) is 17.9 Å². The average molecular weight is 273 g/mol. The number of benzene rings is 1. The fraction of sp³-hybridized carbons (Fsp3) is 0.438. The molecule has 1 aromatic heterocycles. The Kier molecular flexibility index (Phi) is 4.79. The molecule has 0 bridgehead atoms. The molecule has 4 nitrogen and oxygen atoms in total. The van der Waals surface area contributed by atoms with Crippen LogP contribution in [0.15, 0.2) is 42.7 Å². The van der Waals surface area contributed by atoms with E-state index in [1.807, 2.05) is 42.7 Å². The van der Waals surface area contributed by atoms with Gasteiger partial charge in [-0.25, -0.2) is 4.98 Å². The number of para-hydroxylation sites is 1. The number of rotatable bonds is 6. The summed E-state index contributed by atoms with van der Waals surface area (Å²) in [4.78, 5) is 4.39. The van der Waals surface area contributed by atoms with E-state index >= 15 is 0 Å². The summed E-state index contributed by atoms with van der Waals surface area (Å²) in [5.41, 5.74) is 0.0946. The van der Waals surface area contributed by atoms with E-state index in [2.05, 4.69) is 35.6 Å². The number of aromatic nitrogens is 2. The zero-order chi connectivity index (χ0) is 14.4. The van der Waals surface area contributed by atoms with Crippen molar-refractivity contribution in [2.45, 2.75) is 39.4 Å². The molecule has 1 aromatic carbocycles. The molecule has 0 aliphatic rings. The van der Waals surface area contributed by atoms with Crippen molar-refractivity contribution in [3.63, 3.8) is 0 Å². The van der Waals surface area contributed by atoms with E-state index in [0.717, 1.165) is 24.7 Å². The van der Waals surface area contributed by atoms with Gasteiger partial charge in [0.15, 0.2) is 0 Å². The van der Waals surface area contributed by atoms with Gasteiger partial charge < -0.3 is 14.6 Å². The lowest BCUT2D eigenvalue weighted by Gasteiger charge is -2.20. The summed E-state index contributed by atoms with van der Waals surface area (Å²) in [6.07, 6.45) is 3.83. The third kappa shape index (κ3) is 4.70. The van der Waals surface area contributed by atoms with Crippen LogP contribution in [-0.4, -0.2) is 21.7 Å². The van der Waals surface area contributed by atoms with Gasteiger partial charge in [-0.15, -0.1) is 0 Å². The monoisotopic (exact) mass is 273 g/mol.